The van der Waals surface area contributed by atoms with Crippen molar-refractivity contribution >= 4 is 5.91 Å². The second-order valence-electron chi connectivity index (χ2n) is 4.13. The molecule has 0 bridgehead atoms. The lowest BCUT2D eigenvalue weighted by Gasteiger charge is -2.25. The van der Waals surface area contributed by atoms with E-state index >= 15 is 0 Å². The molecular weight excluding hydrogens is 186 g/mol. The number of fused-ring (bicyclic) bond motifs is 1. The van der Waals surface area contributed by atoms with Crippen LogP contribution in [0.4, 0.5) is 0 Å². The fourth-order valence-electron chi connectivity index (χ4n) is 2.15. The molecule has 1 amide bonds. The first-order valence-electron chi connectivity index (χ1n) is 5.65. The van der Waals surface area contributed by atoms with E-state index in [2.05, 4.69) is 29.6 Å². The molecule has 1 atom stereocenters. The Labute approximate surface area is 90.7 Å². The van der Waals surface area contributed by atoms with Crippen molar-refractivity contribution in [1.82, 2.24) is 5.32 Å². The van der Waals surface area contributed by atoms with Crippen molar-refractivity contribution in [3.63, 3.8) is 0 Å². The van der Waals surface area contributed by atoms with Crippen LogP contribution in [0.5, 0.6) is 0 Å². The van der Waals surface area contributed by atoms with E-state index in [1.165, 1.54) is 11.1 Å². The zero-order chi connectivity index (χ0) is 10.7. The highest BCUT2D eigenvalue weighted by Gasteiger charge is 2.18. The normalized spacial score (nSPS) is 19.4. The van der Waals surface area contributed by atoms with E-state index in [1.54, 1.807) is 0 Å². The van der Waals surface area contributed by atoms with E-state index in [4.69, 9.17) is 0 Å². The highest BCUT2D eigenvalue weighted by atomic mass is 16.1. The molecule has 1 aliphatic carbocycles. The molecule has 0 spiro atoms. The number of nitrogens with one attached hydrogen (secondary N) is 1. The third kappa shape index (κ3) is 2.38. The van der Waals surface area contributed by atoms with Gasteiger partial charge in [-0.25, -0.2) is 0 Å². The van der Waals surface area contributed by atoms with Crippen molar-refractivity contribution in [3.05, 3.63) is 35.4 Å². The molecule has 0 heterocycles. The van der Waals surface area contributed by atoms with Crippen LogP contribution in [0.15, 0.2) is 24.3 Å². The van der Waals surface area contributed by atoms with Gasteiger partial charge < -0.3 is 5.32 Å². The number of carbonyl (C=O) groups is 1. The van der Waals surface area contributed by atoms with Crippen LogP contribution in [0.2, 0.25) is 0 Å². The van der Waals surface area contributed by atoms with Crippen LogP contribution >= 0.6 is 0 Å². The Hall–Kier alpha value is -1.31. The summed E-state index contributed by atoms with van der Waals surface area (Å²) in [6.45, 7) is 1.89. The lowest BCUT2D eigenvalue weighted by Crippen LogP contribution is -2.38. The van der Waals surface area contributed by atoms with Gasteiger partial charge >= 0.3 is 0 Å². The quantitative estimate of drug-likeness (QED) is 0.783. The first kappa shape index (κ1) is 10.2. The topological polar surface area (TPSA) is 29.1 Å². The average molecular weight is 203 g/mol. The molecule has 0 aromatic heterocycles. The third-order valence-electron chi connectivity index (χ3n) is 3.03. The van der Waals surface area contributed by atoms with E-state index in [0.717, 1.165) is 19.3 Å². The van der Waals surface area contributed by atoms with Gasteiger partial charge in [0.2, 0.25) is 5.91 Å². The van der Waals surface area contributed by atoms with Gasteiger partial charge in [-0.05, 0) is 30.4 Å². The lowest BCUT2D eigenvalue weighted by molar-refractivity contribution is -0.121. The Balaban J connectivity index is 2.02. The van der Waals surface area contributed by atoms with E-state index in [-0.39, 0.29) is 5.91 Å². The second kappa shape index (κ2) is 4.47. The SMILES string of the molecule is CCC(=O)NC1CCc2ccccc2C1. The Kier molecular flexibility index (Phi) is 3.05. The van der Waals surface area contributed by atoms with Gasteiger partial charge in [0, 0.05) is 12.5 Å². The van der Waals surface area contributed by atoms with Crippen molar-refractivity contribution in [3.8, 4) is 0 Å². The molecule has 15 heavy (non-hydrogen) atoms. The summed E-state index contributed by atoms with van der Waals surface area (Å²) < 4.78 is 0. The molecule has 0 fully saturated rings. The maximum Gasteiger partial charge on any atom is 0.219 e. The predicted octanol–water partition coefficient (Wildman–Crippen LogP) is 2.07. The Morgan fingerprint density at radius 3 is 2.87 bits per heavy atom. The van der Waals surface area contributed by atoms with Gasteiger partial charge in [-0.2, -0.15) is 0 Å². The minimum atomic E-state index is 0.166. The molecule has 1 aromatic carbocycles. The van der Waals surface area contributed by atoms with Crippen LogP contribution in [0.1, 0.15) is 30.9 Å². The predicted molar refractivity (Wildman–Crippen MR) is 60.7 cm³/mol. The van der Waals surface area contributed by atoms with Crippen LogP contribution in [0.3, 0.4) is 0 Å². The number of carbonyl (C=O) groups excluding carboxylic acids is 1. The zero-order valence-corrected chi connectivity index (χ0v) is 9.12. The number of hydrogen-bond donors (Lipinski definition) is 1. The van der Waals surface area contributed by atoms with Crippen LogP contribution in [-0.2, 0) is 17.6 Å². The van der Waals surface area contributed by atoms with Crippen molar-refractivity contribution in [2.45, 2.75) is 38.6 Å². The van der Waals surface area contributed by atoms with E-state index < -0.39 is 0 Å². The fourth-order valence-corrected chi connectivity index (χ4v) is 2.15. The number of aryl methyl sites for hydroxylation is 1. The molecule has 2 rings (SSSR count). The number of rotatable bonds is 2. The Bertz CT molecular complexity index is 359. The van der Waals surface area contributed by atoms with Crippen molar-refractivity contribution in [2.24, 2.45) is 0 Å². The first-order valence-corrected chi connectivity index (χ1v) is 5.65. The highest BCUT2D eigenvalue weighted by Crippen LogP contribution is 2.20. The largest absolute Gasteiger partial charge is 0.353 e. The number of hydrogen-bond acceptors (Lipinski definition) is 1. The van der Waals surface area contributed by atoms with Crippen LogP contribution in [-0.4, -0.2) is 11.9 Å². The van der Waals surface area contributed by atoms with Crippen molar-refractivity contribution in [2.75, 3.05) is 0 Å². The zero-order valence-electron chi connectivity index (χ0n) is 9.12. The number of benzene rings is 1. The summed E-state index contributed by atoms with van der Waals surface area (Å²) in [5.41, 5.74) is 2.84. The van der Waals surface area contributed by atoms with Crippen molar-refractivity contribution < 1.29 is 4.79 Å². The molecule has 1 unspecified atom stereocenters. The molecule has 2 nitrogen and oxygen atoms in total. The maximum absolute atomic E-state index is 11.3. The summed E-state index contributed by atoms with van der Waals surface area (Å²) in [6, 6.07) is 8.85. The van der Waals surface area contributed by atoms with Crippen LogP contribution in [0.25, 0.3) is 0 Å². The van der Waals surface area contributed by atoms with Gasteiger partial charge in [-0.1, -0.05) is 31.2 Å². The molecule has 80 valence electrons. The molecular formula is C13H17NO. The second-order valence-corrected chi connectivity index (χ2v) is 4.13. The van der Waals surface area contributed by atoms with Gasteiger partial charge in [-0.15, -0.1) is 0 Å². The van der Waals surface area contributed by atoms with Crippen molar-refractivity contribution in [1.29, 1.82) is 0 Å². The molecule has 2 heteroatoms. The van der Waals surface area contributed by atoms with E-state index in [9.17, 15) is 4.79 Å². The minimum Gasteiger partial charge on any atom is -0.353 e. The summed E-state index contributed by atoms with van der Waals surface area (Å²) in [7, 11) is 0. The molecule has 1 aliphatic rings. The fraction of sp³-hybridized carbons (Fsp3) is 0.462. The molecule has 1 aromatic rings. The molecule has 1 N–H and O–H groups in total. The van der Waals surface area contributed by atoms with Gasteiger partial charge in [-0.3, -0.25) is 4.79 Å². The minimum absolute atomic E-state index is 0.166. The summed E-state index contributed by atoms with van der Waals surface area (Å²) in [5, 5.41) is 3.07. The first-order chi connectivity index (χ1) is 7.29. The maximum atomic E-state index is 11.3. The molecule has 0 saturated heterocycles. The van der Waals surface area contributed by atoms with Gasteiger partial charge in [0.1, 0.15) is 0 Å². The summed E-state index contributed by atoms with van der Waals surface area (Å²) in [5.74, 6) is 0.166. The molecule has 0 saturated carbocycles. The van der Waals surface area contributed by atoms with Gasteiger partial charge in [0.05, 0.1) is 0 Å². The monoisotopic (exact) mass is 203 g/mol. The van der Waals surface area contributed by atoms with E-state index in [0.29, 0.717) is 12.5 Å². The van der Waals surface area contributed by atoms with E-state index in [1.807, 2.05) is 6.92 Å². The smallest absolute Gasteiger partial charge is 0.219 e. The summed E-state index contributed by atoms with van der Waals surface area (Å²) in [6.07, 6.45) is 3.73. The van der Waals surface area contributed by atoms with Crippen LogP contribution in [0, 0.1) is 0 Å². The molecule has 0 aliphatic heterocycles. The summed E-state index contributed by atoms with van der Waals surface area (Å²) >= 11 is 0. The van der Waals surface area contributed by atoms with Gasteiger partial charge in [0.25, 0.3) is 0 Å². The summed E-state index contributed by atoms with van der Waals surface area (Å²) in [4.78, 5) is 11.3. The highest BCUT2D eigenvalue weighted by molar-refractivity contribution is 5.75. The lowest BCUT2D eigenvalue weighted by atomic mass is 9.88. The van der Waals surface area contributed by atoms with Gasteiger partial charge in [0.15, 0.2) is 0 Å². The average Bonchev–Trinajstić information content (AvgIpc) is 2.29. The van der Waals surface area contributed by atoms with Crippen LogP contribution < -0.4 is 5.32 Å². The Morgan fingerprint density at radius 2 is 2.13 bits per heavy atom. The third-order valence-corrected chi connectivity index (χ3v) is 3.03. The Morgan fingerprint density at radius 1 is 1.40 bits per heavy atom. The number of amides is 1. The molecule has 0 radical (unpaired) electrons. The standard InChI is InChI=1S/C13H17NO/c1-2-13(15)14-12-8-7-10-5-3-4-6-11(10)9-12/h3-6,12H,2,7-9H2,1H3,(H,14,15).